The molecule has 6 nitrogen and oxygen atoms in total. The van der Waals surface area contributed by atoms with Crippen LogP contribution in [-0.2, 0) is 10.1 Å². The molecule has 0 aliphatic carbocycles. The number of aryl methyl sites for hydroxylation is 5. The van der Waals surface area contributed by atoms with E-state index in [1.165, 1.54) is 5.56 Å². The largest absolute Gasteiger partial charge is 0.744 e. The molecule has 2 N–H and O–H groups in total. The van der Waals surface area contributed by atoms with Crippen molar-refractivity contribution in [3.63, 3.8) is 0 Å². The van der Waals surface area contributed by atoms with Crippen molar-refractivity contribution < 1.29 is 17.6 Å². The van der Waals surface area contributed by atoms with Crippen molar-refractivity contribution >= 4 is 26.7 Å². The van der Waals surface area contributed by atoms with E-state index < -0.39 is 10.1 Å². The van der Waals surface area contributed by atoms with Gasteiger partial charge in [0.1, 0.15) is 21.2 Å². The van der Waals surface area contributed by atoms with Crippen LogP contribution in [0.2, 0.25) is 0 Å². The number of hydrogen-bond acceptors (Lipinski definition) is 4. The predicted molar refractivity (Wildman–Crippen MR) is 113 cm³/mol. The van der Waals surface area contributed by atoms with Gasteiger partial charge in [-0.3, -0.25) is 0 Å². The van der Waals surface area contributed by atoms with Crippen molar-refractivity contribution in [1.82, 2.24) is 4.40 Å². The molecule has 2 aromatic carbocycles. The molecule has 4 rings (SSSR count). The fourth-order valence-electron chi connectivity index (χ4n) is 3.78. The number of rotatable bonds is 1. The van der Waals surface area contributed by atoms with E-state index in [0.717, 1.165) is 27.8 Å². The summed E-state index contributed by atoms with van der Waals surface area (Å²) < 4.78 is 36.4. The Morgan fingerprint density at radius 3 is 2.10 bits per heavy atom. The quantitative estimate of drug-likeness (QED) is 0.296. The van der Waals surface area contributed by atoms with Gasteiger partial charge in [0.05, 0.1) is 4.90 Å². The average Bonchev–Trinajstić information content (AvgIpc) is 3.08. The second kappa shape index (κ2) is 7.50. The van der Waals surface area contributed by atoms with Crippen molar-refractivity contribution in [2.45, 2.75) is 39.5 Å². The first-order chi connectivity index (χ1) is 13.5. The zero-order valence-corrected chi connectivity index (χ0v) is 18.0. The van der Waals surface area contributed by atoms with Crippen LogP contribution in [0.25, 0.3) is 16.6 Å². The first kappa shape index (κ1) is 20.8. The number of nitrogens with zero attached hydrogens (tertiary/aromatic N) is 2. The summed E-state index contributed by atoms with van der Waals surface area (Å²) >= 11 is 0. The minimum atomic E-state index is -4.33. The SMILES string of the molecule is Cc1cc(C)c(S(=O)(=O)[O-])c(C)c1.Cc1ccc2c(c1)[n+](N)c(C)c1cccn12. The highest BCUT2D eigenvalue weighted by atomic mass is 32.2. The molecule has 0 aliphatic rings. The Morgan fingerprint density at radius 2 is 1.52 bits per heavy atom. The normalized spacial score (nSPS) is 11.5. The van der Waals surface area contributed by atoms with Gasteiger partial charge in [0.25, 0.3) is 5.52 Å². The maximum absolute atomic E-state index is 10.8. The van der Waals surface area contributed by atoms with Crippen LogP contribution in [0.1, 0.15) is 27.9 Å². The molecule has 2 aromatic heterocycles. The van der Waals surface area contributed by atoms with Crippen LogP contribution in [0.3, 0.4) is 0 Å². The summed E-state index contributed by atoms with van der Waals surface area (Å²) in [5, 5.41) is 0. The lowest BCUT2D eigenvalue weighted by Crippen LogP contribution is -2.48. The molecule has 4 aromatic rings. The van der Waals surface area contributed by atoms with Crippen LogP contribution in [0.15, 0.2) is 53.6 Å². The molecule has 0 amide bonds. The van der Waals surface area contributed by atoms with Crippen molar-refractivity contribution in [1.29, 1.82) is 0 Å². The van der Waals surface area contributed by atoms with E-state index in [1.807, 2.05) is 19.9 Å². The number of nitrogens with two attached hydrogens (primary N) is 1. The van der Waals surface area contributed by atoms with Crippen LogP contribution in [0.5, 0.6) is 0 Å². The van der Waals surface area contributed by atoms with Crippen molar-refractivity contribution in [3.8, 4) is 0 Å². The molecule has 7 heteroatoms. The van der Waals surface area contributed by atoms with Gasteiger partial charge in [0.15, 0.2) is 0 Å². The molecule has 0 spiro atoms. The Balaban J connectivity index is 0.000000170. The minimum absolute atomic E-state index is 0.0851. The highest BCUT2D eigenvalue weighted by Crippen LogP contribution is 2.21. The number of nitrogen functional groups attached to an aromatic ring is 1. The van der Waals surface area contributed by atoms with Crippen LogP contribution >= 0.6 is 0 Å². The van der Waals surface area contributed by atoms with E-state index in [4.69, 9.17) is 5.84 Å². The van der Waals surface area contributed by atoms with Crippen LogP contribution < -0.4 is 10.5 Å². The van der Waals surface area contributed by atoms with E-state index in [0.29, 0.717) is 11.1 Å². The molecular formula is C22H25N3O3S. The fourth-order valence-corrected chi connectivity index (χ4v) is 4.69. The molecular weight excluding hydrogens is 386 g/mol. The zero-order chi connectivity index (χ0) is 21.5. The minimum Gasteiger partial charge on any atom is -0.744 e. The molecule has 152 valence electrons. The average molecular weight is 412 g/mol. The predicted octanol–water partition coefficient (Wildman–Crippen LogP) is 3.23. The second-order valence-electron chi connectivity index (χ2n) is 7.39. The molecule has 0 aliphatic heterocycles. The number of hydrogen-bond donors (Lipinski definition) is 1. The summed E-state index contributed by atoms with van der Waals surface area (Å²) in [6.07, 6.45) is 2.07. The third-order valence-electron chi connectivity index (χ3n) is 4.99. The summed E-state index contributed by atoms with van der Waals surface area (Å²) in [7, 11) is -4.33. The van der Waals surface area contributed by atoms with E-state index in [9.17, 15) is 13.0 Å². The standard InChI is InChI=1S/C13H14N3.C9H12O3S/c1-9-5-6-12-13(8-9)16(14)10(2)11-4-3-7-15(11)12;1-6-4-7(2)9(8(3)5-6)13(10,11)12/h3-8H,14H2,1-2H3;4-5H,1-3H3,(H,10,11,12)/q+1;/p-1. The number of aromatic nitrogens is 2. The topological polar surface area (TPSA) is 91.5 Å². The smallest absolute Gasteiger partial charge is 0.259 e. The van der Waals surface area contributed by atoms with Gasteiger partial charge in [-0.05, 0) is 62.6 Å². The van der Waals surface area contributed by atoms with Crippen molar-refractivity contribution in [3.05, 3.63) is 76.6 Å². The molecule has 0 atom stereocenters. The van der Waals surface area contributed by atoms with Gasteiger partial charge in [-0.1, -0.05) is 28.4 Å². The summed E-state index contributed by atoms with van der Waals surface area (Å²) in [6.45, 7) is 9.24. The van der Waals surface area contributed by atoms with Gasteiger partial charge in [0.2, 0.25) is 5.69 Å². The third-order valence-corrected chi connectivity index (χ3v) is 6.13. The Hall–Kier alpha value is -2.90. The third kappa shape index (κ3) is 3.97. The summed E-state index contributed by atoms with van der Waals surface area (Å²) in [5.41, 5.74) is 7.64. The number of benzene rings is 2. The van der Waals surface area contributed by atoms with Gasteiger partial charge < -0.3 is 8.95 Å². The van der Waals surface area contributed by atoms with E-state index in [1.54, 1.807) is 30.7 Å². The molecule has 0 saturated carbocycles. The lowest BCUT2D eigenvalue weighted by molar-refractivity contribution is -0.617. The second-order valence-corrected chi connectivity index (χ2v) is 8.71. The molecule has 0 radical (unpaired) electrons. The maximum Gasteiger partial charge on any atom is 0.259 e. The number of fused-ring (bicyclic) bond motifs is 3. The van der Waals surface area contributed by atoms with Gasteiger partial charge in [-0.15, -0.1) is 0 Å². The maximum atomic E-state index is 10.8. The van der Waals surface area contributed by atoms with Gasteiger partial charge >= 0.3 is 0 Å². The van der Waals surface area contributed by atoms with Gasteiger partial charge in [0, 0.05) is 19.2 Å². The highest BCUT2D eigenvalue weighted by Gasteiger charge is 2.16. The van der Waals surface area contributed by atoms with Gasteiger partial charge in [-0.25, -0.2) is 14.3 Å². The monoisotopic (exact) mass is 411 g/mol. The lowest BCUT2D eigenvalue weighted by atomic mass is 10.1. The molecule has 0 saturated heterocycles. The van der Waals surface area contributed by atoms with Crippen molar-refractivity contribution in [2.24, 2.45) is 0 Å². The van der Waals surface area contributed by atoms with Crippen molar-refractivity contribution in [2.75, 3.05) is 5.84 Å². The molecule has 0 unspecified atom stereocenters. The van der Waals surface area contributed by atoms with Gasteiger partial charge in [-0.2, -0.15) is 0 Å². The zero-order valence-electron chi connectivity index (χ0n) is 17.2. The molecule has 2 heterocycles. The highest BCUT2D eigenvalue weighted by molar-refractivity contribution is 7.85. The van der Waals surface area contributed by atoms with Crippen LogP contribution in [0, 0.1) is 34.6 Å². The first-order valence-electron chi connectivity index (χ1n) is 9.21. The molecule has 0 fully saturated rings. The Kier molecular flexibility index (Phi) is 5.38. The van der Waals surface area contributed by atoms with Crippen LogP contribution in [-0.4, -0.2) is 17.4 Å². The summed E-state index contributed by atoms with van der Waals surface area (Å²) in [4.78, 5) is -0.0851. The van der Waals surface area contributed by atoms with Crippen LogP contribution in [0.4, 0.5) is 0 Å². The van der Waals surface area contributed by atoms with E-state index >= 15 is 0 Å². The Bertz CT molecular complexity index is 1320. The summed E-state index contributed by atoms with van der Waals surface area (Å²) in [6, 6.07) is 13.8. The lowest BCUT2D eigenvalue weighted by Gasteiger charge is -2.14. The first-order valence-corrected chi connectivity index (χ1v) is 10.6. The van der Waals surface area contributed by atoms with E-state index in [2.05, 4.69) is 41.8 Å². The fraction of sp³-hybridized carbons (Fsp3) is 0.227. The Labute approximate surface area is 170 Å². The molecule has 29 heavy (non-hydrogen) atoms. The Morgan fingerprint density at radius 1 is 0.897 bits per heavy atom. The van der Waals surface area contributed by atoms with E-state index in [-0.39, 0.29) is 4.90 Å². The summed E-state index contributed by atoms with van der Waals surface area (Å²) in [5.74, 6) is 6.12. The molecule has 0 bridgehead atoms.